The van der Waals surface area contributed by atoms with Crippen molar-refractivity contribution < 1.29 is 13.9 Å². The van der Waals surface area contributed by atoms with Gasteiger partial charge in [0.1, 0.15) is 0 Å². The average Bonchev–Trinajstić information content (AvgIpc) is 3.14. The molecular weight excluding hydrogens is 296 g/mol. The summed E-state index contributed by atoms with van der Waals surface area (Å²) >= 11 is 5.73. The number of likely N-dealkylation sites (tertiary alicyclic amines) is 1. The third-order valence-electron chi connectivity index (χ3n) is 4.00. The lowest BCUT2D eigenvalue weighted by Gasteiger charge is -2.40. The number of hydrogen-bond acceptors (Lipinski definition) is 5. The fourth-order valence-electron chi connectivity index (χ4n) is 2.95. The molecule has 2 aliphatic heterocycles. The third kappa shape index (κ3) is 2.13. The summed E-state index contributed by atoms with van der Waals surface area (Å²) in [6.45, 7) is 1.68. The fraction of sp³-hybridized carbons (Fsp3) is 0.462. The van der Waals surface area contributed by atoms with Gasteiger partial charge >= 0.3 is 0 Å². The lowest BCUT2D eigenvalue weighted by Crippen LogP contribution is -2.49. The van der Waals surface area contributed by atoms with E-state index in [0.717, 1.165) is 12.1 Å². The SMILES string of the molecule is O=C(c1ccc(Cl)o1)N1CC[C@H]2OCc3cnnn3[C@H]2C1. The Morgan fingerprint density at radius 3 is 3.14 bits per heavy atom. The number of piperidine rings is 1. The van der Waals surface area contributed by atoms with E-state index < -0.39 is 0 Å². The van der Waals surface area contributed by atoms with Crippen molar-refractivity contribution in [1.29, 1.82) is 0 Å². The highest BCUT2D eigenvalue weighted by atomic mass is 35.5. The largest absolute Gasteiger partial charge is 0.440 e. The topological polar surface area (TPSA) is 73.4 Å². The molecule has 4 heterocycles. The van der Waals surface area contributed by atoms with Crippen LogP contribution >= 0.6 is 11.6 Å². The first-order valence-electron chi connectivity index (χ1n) is 6.77. The molecule has 2 aliphatic rings. The first-order valence-corrected chi connectivity index (χ1v) is 7.15. The van der Waals surface area contributed by atoms with Crippen molar-refractivity contribution in [2.24, 2.45) is 0 Å². The molecule has 1 amide bonds. The van der Waals surface area contributed by atoms with Gasteiger partial charge in [0.25, 0.3) is 5.91 Å². The van der Waals surface area contributed by atoms with Gasteiger partial charge in [-0.05, 0) is 30.2 Å². The molecule has 0 unspecified atom stereocenters. The second kappa shape index (κ2) is 4.85. The van der Waals surface area contributed by atoms with E-state index in [0.29, 0.717) is 19.7 Å². The molecule has 7 nitrogen and oxygen atoms in total. The predicted molar refractivity (Wildman–Crippen MR) is 71.9 cm³/mol. The molecule has 2 atom stereocenters. The third-order valence-corrected chi connectivity index (χ3v) is 4.20. The highest BCUT2D eigenvalue weighted by Crippen LogP contribution is 2.30. The maximum Gasteiger partial charge on any atom is 0.289 e. The van der Waals surface area contributed by atoms with E-state index in [1.807, 2.05) is 4.68 Å². The van der Waals surface area contributed by atoms with Gasteiger partial charge in [-0.25, -0.2) is 4.68 Å². The minimum Gasteiger partial charge on any atom is -0.440 e. The monoisotopic (exact) mass is 308 g/mol. The molecule has 2 aromatic heterocycles. The molecule has 1 fully saturated rings. The number of ether oxygens (including phenoxy) is 1. The summed E-state index contributed by atoms with van der Waals surface area (Å²) in [6, 6.07) is 3.16. The van der Waals surface area contributed by atoms with E-state index in [4.69, 9.17) is 20.8 Å². The average molecular weight is 309 g/mol. The predicted octanol–water partition coefficient (Wildman–Crippen LogP) is 1.51. The van der Waals surface area contributed by atoms with Crippen molar-refractivity contribution in [2.45, 2.75) is 25.2 Å². The minimum atomic E-state index is -0.160. The number of halogens is 1. The standard InChI is InChI=1S/C13H13ClN4O3/c14-12-2-1-11(21-12)13(19)17-4-3-10-9(6-17)18-8(7-20-10)5-15-16-18/h1-2,5,9-10H,3-4,6-7H2/t9-,10+/m0/s1. The van der Waals surface area contributed by atoms with Crippen LogP contribution in [0.2, 0.25) is 5.22 Å². The van der Waals surface area contributed by atoms with Crippen molar-refractivity contribution in [3.8, 4) is 0 Å². The Kier molecular flexibility index (Phi) is 2.97. The number of fused-ring (bicyclic) bond motifs is 3. The van der Waals surface area contributed by atoms with Gasteiger partial charge in [0.05, 0.1) is 30.6 Å². The van der Waals surface area contributed by atoms with Crippen LogP contribution in [-0.4, -0.2) is 45.0 Å². The van der Waals surface area contributed by atoms with Crippen molar-refractivity contribution >= 4 is 17.5 Å². The van der Waals surface area contributed by atoms with E-state index in [1.165, 1.54) is 0 Å². The Morgan fingerprint density at radius 2 is 2.33 bits per heavy atom. The minimum absolute atomic E-state index is 0.000570. The second-order valence-electron chi connectivity index (χ2n) is 5.23. The van der Waals surface area contributed by atoms with Crippen molar-refractivity contribution in [3.63, 3.8) is 0 Å². The zero-order chi connectivity index (χ0) is 14.4. The maximum absolute atomic E-state index is 12.4. The van der Waals surface area contributed by atoms with E-state index in [2.05, 4.69) is 10.3 Å². The zero-order valence-corrected chi connectivity index (χ0v) is 11.9. The lowest BCUT2D eigenvalue weighted by molar-refractivity contribution is -0.0608. The zero-order valence-electron chi connectivity index (χ0n) is 11.1. The first-order chi connectivity index (χ1) is 10.2. The molecule has 0 bridgehead atoms. The highest BCUT2D eigenvalue weighted by molar-refractivity contribution is 6.29. The summed E-state index contributed by atoms with van der Waals surface area (Å²) in [5, 5.41) is 8.25. The maximum atomic E-state index is 12.4. The van der Waals surface area contributed by atoms with E-state index in [1.54, 1.807) is 23.2 Å². The second-order valence-corrected chi connectivity index (χ2v) is 5.60. The summed E-state index contributed by atoms with van der Waals surface area (Å²) in [7, 11) is 0. The number of rotatable bonds is 1. The number of carbonyl (C=O) groups excluding carboxylic acids is 1. The lowest BCUT2D eigenvalue weighted by atomic mass is 10.00. The number of aromatic nitrogens is 3. The summed E-state index contributed by atoms with van der Waals surface area (Å²) in [4.78, 5) is 14.2. The molecule has 0 spiro atoms. The van der Waals surface area contributed by atoms with Crippen LogP contribution in [0.3, 0.4) is 0 Å². The molecule has 0 aromatic carbocycles. The van der Waals surface area contributed by atoms with Crippen LogP contribution in [0.5, 0.6) is 0 Å². The quantitative estimate of drug-likeness (QED) is 0.798. The van der Waals surface area contributed by atoms with Crippen LogP contribution in [0.15, 0.2) is 22.7 Å². The van der Waals surface area contributed by atoms with Gasteiger partial charge in [0.15, 0.2) is 11.0 Å². The molecule has 0 saturated carbocycles. The van der Waals surface area contributed by atoms with Gasteiger partial charge in [-0.15, -0.1) is 5.10 Å². The van der Waals surface area contributed by atoms with Crippen LogP contribution in [-0.2, 0) is 11.3 Å². The van der Waals surface area contributed by atoms with Gasteiger partial charge in [-0.1, -0.05) is 5.21 Å². The van der Waals surface area contributed by atoms with Gasteiger partial charge < -0.3 is 14.1 Å². The molecule has 0 radical (unpaired) electrons. The normalized spacial score (nSPS) is 24.5. The molecule has 4 rings (SSSR count). The number of furan rings is 1. The Hall–Kier alpha value is -1.86. The van der Waals surface area contributed by atoms with Gasteiger partial charge in [-0.2, -0.15) is 0 Å². The molecule has 0 aliphatic carbocycles. The number of hydrogen-bond donors (Lipinski definition) is 0. The van der Waals surface area contributed by atoms with Crippen molar-refractivity contribution in [2.75, 3.05) is 13.1 Å². The number of carbonyl (C=O) groups is 1. The van der Waals surface area contributed by atoms with Crippen LogP contribution in [0.1, 0.15) is 28.7 Å². The molecule has 0 N–H and O–H groups in total. The van der Waals surface area contributed by atoms with Crippen molar-refractivity contribution in [1.82, 2.24) is 19.9 Å². The van der Waals surface area contributed by atoms with Crippen LogP contribution in [0.4, 0.5) is 0 Å². The van der Waals surface area contributed by atoms with Crippen LogP contribution in [0.25, 0.3) is 0 Å². The molecule has 2 aromatic rings. The number of amides is 1. The van der Waals surface area contributed by atoms with E-state index in [-0.39, 0.29) is 29.0 Å². The van der Waals surface area contributed by atoms with Gasteiger partial charge in [-0.3, -0.25) is 4.79 Å². The molecular formula is C13H13ClN4O3. The molecule has 110 valence electrons. The Balaban J connectivity index is 1.57. The Bertz CT molecular complexity index is 683. The Labute approximate surface area is 125 Å². The molecule has 8 heteroatoms. The Morgan fingerprint density at radius 1 is 1.43 bits per heavy atom. The molecule has 1 saturated heterocycles. The summed E-state index contributed by atoms with van der Waals surface area (Å²) in [6.07, 6.45) is 2.54. The summed E-state index contributed by atoms with van der Waals surface area (Å²) in [5.74, 6) is 0.0987. The van der Waals surface area contributed by atoms with Gasteiger partial charge in [0, 0.05) is 13.1 Å². The smallest absolute Gasteiger partial charge is 0.289 e. The van der Waals surface area contributed by atoms with Gasteiger partial charge in [0.2, 0.25) is 0 Å². The summed E-state index contributed by atoms with van der Waals surface area (Å²) < 4.78 is 12.9. The molecule has 21 heavy (non-hydrogen) atoms. The van der Waals surface area contributed by atoms with E-state index >= 15 is 0 Å². The first kappa shape index (κ1) is 12.8. The van der Waals surface area contributed by atoms with Crippen LogP contribution in [0, 0.1) is 0 Å². The summed E-state index contributed by atoms with van der Waals surface area (Å²) in [5.41, 5.74) is 0.937. The fourth-order valence-corrected chi connectivity index (χ4v) is 3.09. The highest BCUT2D eigenvalue weighted by Gasteiger charge is 2.38. The number of nitrogens with zero attached hydrogens (tertiary/aromatic N) is 4. The van der Waals surface area contributed by atoms with Crippen molar-refractivity contribution in [3.05, 3.63) is 35.0 Å². The van der Waals surface area contributed by atoms with E-state index in [9.17, 15) is 4.79 Å². The van der Waals surface area contributed by atoms with Crippen LogP contribution < -0.4 is 0 Å².